The Bertz CT molecular complexity index is 11.6. The van der Waals surface area contributed by atoms with Crippen LogP contribution in [0.15, 0.2) is 0 Å². The number of hydrogen-bond acceptors (Lipinski definition) is 0. The summed E-state index contributed by atoms with van der Waals surface area (Å²) >= 11 is 0. The first kappa shape index (κ1) is 35.5. The fraction of sp³-hybridized carbons (Fsp3) is 0. The molecule has 0 nitrogen and oxygen atoms in total. The van der Waals surface area contributed by atoms with Crippen LogP contribution in [0, 0.1) is 0 Å². The molecule has 0 aliphatic heterocycles. The molecule has 0 bridgehead atoms. The van der Waals surface area contributed by atoms with Crippen molar-refractivity contribution in [2.45, 2.75) is 0 Å². The molecule has 0 aliphatic rings. The summed E-state index contributed by atoms with van der Waals surface area (Å²) in [6, 6.07) is 0. The van der Waals surface area contributed by atoms with Gasteiger partial charge in [0.25, 0.3) is 0 Å². The maximum atomic E-state index is 0. The molecule has 29 valence electrons. The first-order valence-electron chi connectivity index (χ1n) is 0. The van der Waals surface area contributed by atoms with Gasteiger partial charge in [0.2, 0.25) is 0 Å². The van der Waals surface area contributed by atoms with E-state index in [1.54, 1.807) is 0 Å². The van der Waals surface area contributed by atoms with Crippen molar-refractivity contribution in [2.75, 3.05) is 0 Å². The standard InChI is InChI=1S/Al.Mg.Mn.Sn.Sr.11H. The molecule has 1 radical (unpaired) electrons. The molecule has 5 heavy (non-hydrogen) atoms. The summed E-state index contributed by atoms with van der Waals surface area (Å²) in [6.45, 7) is 0. The molecule has 0 N–H and O–H groups in total. The predicted octanol–water partition coefficient (Wildman–Crippen LogP) is -4.47. The molecular formula is H11AlMgMnSnSr. The summed E-state index contributed by atoms with van der Waals surface area (Å²) in [6.07, 6.45) is 0. The second kappa shape index (κ2) is 24.3. The summed E-state index contributed by atoms with van der Waals surface area (Å²) < 4.78 is 0. The first-order chi connectivity index (χ1) is 0. The molecule has 0 spiro atoms. The Balaban J connectivity index is 0. The van der Waals surface area contributed by atoms with Gasteiger partial charge in [-0.1, -0.05) is 0 Å². The summed E-state index contributed by atoms with van der Waals surface area (Å²) in [5.41, 5.74) is 0. The van der Waals surface area contributed by atoms with Crippen molar-refractivity contribution in [3.05, 3.63) is 0 Å². The van der Waals surface area contributed by atoms with E-state index in [0.29, 0.717) is 0 Å². The second-order valence-electron chi connectivity index (χ2n) is 0. The second-order valence-corrected chi connectivity index (χ2v) is 0. The van der Waals surface area contributed by atoms with Gasteiger partial charge >= 0.3 is 92.4 Å². The van der Waals surface area contributed by atoms with E-state index in [-0.39, 0.29) is 127 Å². The molecule has 0 saturated heterocycles. The molecule has 0 atom stereocenters. The maximum absolute atomic E-state index is 0. The van der Waals surface area contributed by atoms with Gasteiger partial charge in [-0.25, -0.2) is 0 Å². The van der Waals surface area contributed by atoms with E-state index in [1.807, 2.05) is 0 Å². The Morgan fingerprint density at radius 3 is 1.00 bits per heavy atom. The predicted molar refractivity (Wildman–Crippen MR) is 38.4 cm³/mol. The van der Waals surface area contributed by atoms with Crippen molar-refractivity contribution >= 4 is 110 Å². The zero-order valence-corrected chi connectivity index (χ0v) is 1.56. The molecule has 5 heteroatoms. The molecule has 0 rings (SSSR count). The molecule has 0 aromatic heterocycles. The molecule has 0 aromatic carbocycles. The van der Waals surface area contributed by atoms with Crippen molar-refractivity contribution in [1.82, 2.24) is 0 Å². The molecule has 0 unspecified atom stereocenters. The van der Waals surface area contributed by atoms with Gasteiger partial charge < -0.3 is 0 Å². The van der Waals surface area contributed by atoms with E-state index in [9.17, 15) is 0 Å². The first-order valence-corrected chi connectivity index (χ1v) is 0. The Hall–Kier alpha value is 4.10. The van der Waals surface area contributed by atoms with Crippen molar-refractivity contribution in [1.29, 1.82) is 0 Å². The average molecular weight is 324 g/mol. The topological polar surface area (TPSA) is 0 Å². The number of rotatable bonds is 0. The van der Waals surface area contributed by atoms with E-state index >= 15 is 0 Å². The van der Waals surface area contributed by atoms with Crippen LogP contribution in [0.2, 0.25) is 0 Å². The fourth-order valence-electron chi connectivity index (χ4n) is 0. The van der Waals surface area contributed by atoms with Gasteiger partial charge in [0.05, 0.1) is 0 Å². The monoisotopic (exact) mass is 325 g/mol. The Kier molecular flexibility index (Phi) is 173. The van der Waals surface area contributed by atoms with Crippen LogP contribution in [0.25, 0.3) is 0 Å². The zero-order chi connectivity index (χ0) is 0. The third-order valence-electron chi connectivity index (χ3n) is 0. The summed E-state index contributed by atoms with van der Waals surface area (Å²) in [5.74, 6) is 0. The van der Waals surface area contributed by atoms with Crippen LogP contribution in [0.3, 0.4) is 0 Å². The van der Waals surface area contributed by atoms with Crippen LogP contribution >= 0.6 is 0 Å². The third-order valence-corrected chi connectivity index (χ3v) is 0. The SMILES string of the molecule is [AlH3].[MgH2].[Mn].[SnH4].[SrH2]. The van der Waals surface area contributed by atoms with Crippen LogP contribution in [0.5, 0.6) is 0 Å². The summed E-state index contributed by atoms with van der Waals surface area (Å²) in [4.78, 5) is 0. The van der Waals surface area contributed by atoms with Crippen molar-refractivity contribution < 1.29 is 17.1 Å². The molecule has 0 saturated carbocycles. The van der Waals surface area contributed by atoms with Crippen LogP contribution < -0.4 is 0 Å². The molecule has 0 amide bonds. The van der Waals surface area contributed by atoms with Gasteiger partial charge in [0, 0.05) is 17.1 Å². The van der Waals surface area contributed by atoms with E-state index in [1.165, 1.54) is 0 Å². The Morgan fingerprint density at radius 1 is 1.00 bits per heavy atom. The van der Waals surface area contributed by atoms with Crippen LogP contribution in [0.4, 0.5) is 0 Å². The number of hydrogen-bond donors (Lipinski definition) is 0. The van der Waals surface area contributed by atoms with Crippen molar-refractivity contribution in [3.8, 4) is 0 Å². The van der Waals surface area contributed by atoms with Gasteiger partial charge in [0.1, 0.15) is 0 Å². The molecule has 0 fully saturated rings. The minimum absolute atomic E-state index is 0. The van der Waals surface area contributed by atoms with Crippen LogP contribution in [-0.4, -0.2) is 110 Å². The fourth-order valence-corrected chi connectivity index (χ4v) is 0. The van der Waals surface area contributed by atoms with Gasteiger partial charge in [-0.15, -0.1) is 0 Å². The van der Waals surface area contributed by atoms with Gasteiger partial charge in [-0.05, 0) is 0 Å². The molecular weight excluding hydrogens is 313 g/mol. The molecule has 0 heterocycles. The van der Waals surface area contributed by atoms with Gasteiger partial charge in [-0.2, -0.15) is 0 Å². The minimum atomic E-state index is 0. The van der Waals surface area contributed by atoms with Crippen molar-refractivity contribution in [3.63, 3.8) is 0 Å². The molecule has 0 aliphatic carbocycles. The zero-order valence-electron chi connectivity index (χ0n) is 0.378. The Labute approximate surface area is 124 Å². The third kappa shape index (κ3) is 17.9. The average Bonchev–Trinajstić information content (AvgIpc) is 0. The van der Waals surface area contributed by atoms with Crippen LogP contribution in [0.1, 0.15) is 0 Å². The van der Waals surface area contributed by atoms with E-state index in [0.717, 1.165) is 0 Å². The summed E-state index contributed by atoms with van der Waals surface area (Å²) in [5, 5.41) is 0. The van der Waals surface area contributed by atoms with Crippen LogP contribution in [-0.2, 0) is 17.1 Å². The molecule has 0 aromatic rings. The summed E-state index contributed by atoms with van der Waals surface area (Å²) in [7, 11) is 0. The van der Waals surface area contributed by atoms with Crippen molar-refractivity contribution in [2.24, 2.45) is 0 Å². The van der Waals surface area contributed by atoms with E-state index < -0.39 is 0 Å². The quantitative estimate of drug-likeness (QED) is 0.395. The van der Waals surface area contributed by atoms with Gasteiger partial charge in [-0.3, -0.25) is 0 Å². The van der Waals surface area contributed by atoms with Gasteiger partial charge in [0.15, 0.2) is 17.4 Å². The normalized spacial score (nSPS) is 0. The van der Waals surface area contributed by atoms with E-state index in [4.69, 9.17) is 0 Å². The Morgan fingerprint density at radius 2 is 1.00 bits per heavy atom. The van der Waals surface area contributed by atoms with E-state index in [2.05, 4.69) is 0 Å².